The third-order valence-corrected chi connectivity index (χ3v) is 7.33. The Balaban J connectivity index is 1.47. The molecule has 0 saturated carbocycles. The van der Waals surface area contributed by atoms with Gasteiger partial charge in [0.25, 0.3) is 0 Å². The number of aromatic nitrogens is 1. The summed E-state index contributed by atoms with van der Waals surface area (Å²) in [5, 5.41) is 5.26. The van der Waals surface area contributed by atoms with Gasteiger partial charge in [0.15, 0.2) is 0 Å². The van der Waals surface area contributed by atoms with Crippen LogP contribution in [0.15, 0.2) is 10.9 Å². The van der Waals surface area contributed by atoms with Gasteiger partial charge in [-0.25, -0.2) is 4.98 Å². The van der Waals surface area contributed by atoms with Crippen molar-refractivity contribution in [3.05, 3.63) is 16.6 Å². The van der Waals surface area contributed by atoms with E-state index in [1.807, 2.05) is 15.8 Å². The minimum atomic E-state index is -0.523. The van der Waals surface area contributed by atoms with E-state index in [1.165, 1.54) is 19.3 Å². The zero-order valence-electron chi connectivity index (χ0n) is 16.2. The number of fused-ring (bicyclic) bond motifs is 2. The molecule has 3 atom stereocenters. The average molecular weight is 391 g/mol. The van der Waals surface area contributed by atoms with Crippen LogP contribution in [0.4, 0.5) is 0 Å². The second kappa shape index (κ2) is 7.87. The molecule has 0 radical (unpaired) electrons. The molecular weight excluding hydrogens is 360 g/mol. The van der Waals surface area contributed by atoms with Gasteiger partial charge in [0.1, 0.15) is 0 Å². The minimum Gasteiger partial charge on any atom is -0.354 e. The Morgan fingerprint density at radius 1 is 1.30 bits per heavy atom. The van der Waals surface area contributed by atoms with E-state index in [4.69, 9.17) is 0 Å². The van der Waals surface area contributed by atoms with Crippen LogP contribution in [0.1, 0.15) is 51.1 Å². The van der Waals surface area contributed by atoms with Gasteiger partial charge in [0, 0.05) is 43.9 Å². The molecule has 0 spiro atoms. The first-order chi connectivity index (χ1) is 13.1. The van der Waals surface area contributed by atoms with Crippen LogP contribution in [0.3, 0.4) is 0 Å². The summed E-state index contributed by atoms with van der Waals surface area (Å²) in [5.41, 5.74) is 2.28. The fourth-order valence-electron chi connectivity index (χ4n) is 5.51. The monoisotopic (exact) mass is 390 g/mol. The summed E-state index contributed by atoms with van der Waals surface area (Å²) in [6.45, 7) is 5.53. The molecular formula is C20H30N4O2S. The standard InChI is InChI=1S/C20H30N4O2S/c1-15(25)24-17-5-6-18(24)20(12-17,11-16-13-27-14-22-16)19(26)21-7-10-23-8-3-2-4-9-23/h13-14,17-18H,2-12H2,1H3,(H,21,26)/t17-,18+,20+/m1/s1. The molecule has 2 bridgehead atoms. The lowest BCUT2D eigenvalue weighted by atomic mass is 9.70. The molecule has 148 valence electrons. The average Bonchev–Trinajstić information content (AvgIpc) is 3.38. The van der Waals surface area contributed by atoms with Gasteiger partial charge in [0.2, 0.25) is 11.8 Å². The first-order valence-electron chi connectivity index (χ1n) is 10.3. The molecule has 3 saturated heterocycles. The Morgan fingerprint density at radius 2 is 2.11 bits per heavy atom. The molecule has 6 nitrogen and oxygen atoms in total. The van der Waals surface area contributed by atoms with Crippen LogP contribution in [0, 0.1) is 5.41 Å². The van der Waals surface area contributed by atoms with E-state index in [0.717, 1.165) is 44.6 Å². The van der Waals surface area contributed by atoms with Crippen molar-refractivity contribution in [2.45, 2.75) is 64.0 Å². The Kier molecular flexibility index (Phi) is 5.50. The second-order valence-electron chi connectivity index (χ2n) is 8.35. The van der Waals surface area contributed by atoms with Gasteiger partial charge in [0.05, 0.1) is 16.6 Å². The third kappa shape index (κ3) is 3.63. The number of thiazole rings is 1. The first kappa shape index (κ1) is 18.9. The fraction of sp³-hybridized carbons (Fsp3) is 0.750. The summed E-state index contributed by atoms with van der Waals surface area (Å²) in [6.07, 6.45) is 7.20. The Labute approximate surface area is 165 Å². The van der Waals surface area contributed by atoms with Crippen molar-refractivity contribution in [3.8, 4) is 0 Å². The molecule has 27 heavy (non-hydrogen) atoms. The normalized spacial score (nSPS) is 30.6. The SMILES string of the molecule is CC(=O)N1[C@@H]2CC[C@H]1[C@@](Cc1cscn1)(C(=O)NCCN1CCCCC1)C2. The van der Waals surface area contributed by atoms with Gasteiger partial charge in [-0.3, -0.25) is 9.59 Å². The van der Waals surface area contributed by atoms with E-state index in [-0.39, 0.29) is 23.9 Å². The highest BCUT2D eigenvalue weighted by atomic mass is 32.1. The summed E-state index contributed by atoms with van der Waals surface area (Å²) in [4.78, 5) is 34.5. The summed E-state index contributed by atoms with van der Waals surface area (Å²) in [6, 6.07) is 0.218. The second-order valence-corrected chi connectivity index (χ2v) is 9.07. The topological polar surface area (TPSA) is 65.5 Å². The number of piperidine rings is 1. The smallest absolute Gasteiger partial charge is 0.228 e. The zero-order chi connectivity index (χ0) is 18.9. The highest BCUT2D eigenvalue weighted by Gasteiger charge is 2.60. The van der Waals surface area contributed by atoms with Crippen molar-refractivity contribution in [2.24, 2.45) is 5.41 Å². The number of likely N-dealkylation sites (tertiary alicyclic amines) is 1. The minimum absolute atomic E-state index is 0.0108. The first-order valence-corrected chi connectivity index (χ1v) is 11.2. The van der Waals surface area contributed by atoms with Crippen molar-refractivity contribution in [1.82, 2.24) is 20.1 Å². The number of hydrogen-bond donors (Lipinski definition) is 1. The van der Waals surface area contributed by atoms with Gasteiger partial charge >= 0.3 is 0 Å². The van der Waals surface area contributed by atoms with Crippen molar-refractivity contribution in [2.75, 3.05) is 26.2 Å². The largest absolute Gasteiger partial charge is 0.354 e. The molecule has 0 aromatic carbocycles. The van der Waals surface area contributed by atoms with E-state index >= 15 is 0 Å². The number of carbonyl (C=O) groups is 2. The maximum Gasteiger partial charge on any atom is 0.228 e. The number of amides is 2. The molecule has 4 rings (SSSR count). The third-order valence-electron chi connectivity index (χ3n) is 6.70. The molecule has 0 unspecified atom stereocenters. The van der Waals surface area contributed by atoms with Crippen molar-refractivity contribution >= 4 is 23.2 Å². The number of carbonyl (C=O) groups excluding carboxylic acids is 2. The molecule has 7 heteroatoms. The van der Waals surface area contributed by atoms with Crippen LogP contribution in [-0.2, 0) is 16.0 Å². The number of nitrogens with zero attached hydrogens (tertiary/aromatic N) is 3. The van der Waals surface area contributed by atoms with Crippen LogP contribution in [-0.4, -0.2) is 64.9 Å². The lowest BCUT2D eigenvalue weighted by Crippen LogP contribution is -2.52. The van der Waals surface area contributed by atoms with Gasteiger partial charge < -0.3 is 15.1 Å². The van der Waals surface area contributed by atoms with Crippen LogP contribution in [0.2, 0.25) is 0 Å². The number of rotatable bonds is 6. The Morgan fingerprint density at radius 3 is 2.78 bits per heavy atom. The summed E-state index contributed by atoms with van der Waals surface area (Å²) >= 11 is 1.57. The Hall–Kier alpha value is -1.47. The van der Waals surface area contributed by atoms with Crippen molar-refractivity contribution in [1.29, 1.82) is 0 Å². The molecule has 3 aliphatic heterocycles. The predicted molar refractivity (Wildman–Crippen MR) is 105 cm³/mol. The summed E-state index contributed by atoms with van der Waals surface area (Å²) in [5.74, 6) is 0.217. The molecule has 0 aliphatic carbocycles. The van der Waals surface area contributed by atoms with Crippen molar-refractivity contribution < 1.29 is 9.59 Å². The maximum atomic E-state index is 13.4. The molecule has 1 N–H and O–H groups in total. The van der Waals surface area contributed by atoms with E-state index < -0.39 is 5.41 Å². The van der Waals surface area contributed by atoms with Crippen LogP contribution >= 0.6 is 11.3 Å². The highest BCUT2D eigenvalue weighted by Crippen LogP contribution is 2.51. The van der Waals surface area contributed by atoms with Crippen LogP contribution < -0.4 is 5.32 Å². The highest BCUT2D eigenvalue weighted by molar-refractivity contribution is 7.07. The molecule has 2 amide bonds. The lowest BCUT2D eigenvalue weighted by Gasteiger charge is -2.36. The molecule has 1 aromatic heterocycles. The molecule has 1 aromatic rings. The number of nitrogens with one attached hydrogen (secondary N) is 1. The van der Waals surface area contributed by atoms with Gasteiger partial charge in [-0.15, -0.1) is 11.3 Å². The van der Waals surface area contributed by atoms with Gasteiger partial charge in [-0.05, 0) is 45.2 Å². The molecule has 3 aliphatic rings. The van der Waals surface area contributed by atoms with E-state index in [9.17, 15) is 9.59 Å². The number of hydrogen-bond acceptors (Lipinski definition) is 5. The Bertz CT molecular complexity index is 674. The maximum absolute atomic E-state index is 13.4. The summed E-state index contributed by atoms with van der Waals surface area (Å²) < 4.78 is 0. The fourth-order valence-corrected chi connectivity index (χ4v) is 6.07. The molecule has 3 fully saturated rings. The summed E-state index contributed by atoms with van der Waals surface area (Å²) in [7, 11) is 0. The van der Waals surface area contributed by atoms with E-state index in [0.29, 0.717) is 13.0 Å². The van der Waals surface area contributed by atoms with Crippen LogP contribution in [0.25, 0.3) is 0 Å². The van der Waals surface area contributed by atoms with Crippen LogP contribution in [0.5, 0.6) is 0 Å². The van der Waals surface area contributed by atoms with E-state index in [1.54, 1.807) is 18.3 Å². The van der Waals surface area contributed by atoms with Gasteiger partial charge in [-0.2, -0.15) is 0 Å². The van der Waals surface area contributed by atoms with E-state index in [2.05, 4.69) is 15.2 Å². The quantitative estimate of drug-likeness (QED) is 0.807. The molecule has 4 heterocycles. The predicted octanol–water partition coefficient (Wildman–Crippen LogP) is 2.06. The zero-order valence-corrected chi connectivity index (χ0v) is 17.0. The lowest BCUT2D eigenvalue weighted by molar-refractivity contribution is -0.135. The van der Waals surface area contributed by atoms with Crippen molar-refractivity contribution in [3.63, 3.8) is 0 Å². The van der Waals surface area contributed by atoms with Gasteiger partial charge in [-0.1, -0.05) is 6.42 Å².